The quantitative estimate of drug-likeness (QED) is 0.478. The average Bonchev–Trinajstić information content (AvgIpc) is 2.42. The smallest absolute Gasteiger partial charge is 0.328 e. The van der Waals surface area contributed by atoms with Gasteiger partial charge in [-0.3, -0.25) is 4.79 Å². The molecule has 1 rings (SSSR count). The minimum Gasteiger partial charge on any atom is -0.508 e. The highest BCUT2D eigenvalue weighted by Crippen LogP contribution is 2.20. The third-order valence-corrected chi connectivity index (χ3v) is 2.70. The fourth-order valence-corrected chi connectivity index (χ4v) is 1.60. The standard InChI is InChI=1S/C16H18O5/c1-11(10-21-12(2)17)3-6-14-9-13(4-7-15(14)18)5-8-16(19)20/h3-5,7-9,18H,6,10H2,1-2H3,(H,19,20)/b8-5+,11-3+. The van der Waals surface area contributed by atoms with E-state index in [0.29, 0.717) is 17.5 Å². The topological polar surface area (TPSA) is 83.8 Å². The van der Waals surface area contributed by atoms with Gasteiger partial charge in [-0.25, -0.2) is 4.79 Å². The molecule has 0 radical (unpaired) electrons. The van der Waals surface area contributed by atoms with Gasteiger partial charge in [0.05, 0.1) is 0 Å². The summed E-state index contributed by atoms with van der Waals surface area (Å²) in [4.78, 5) is 21.2. The minimum atomic E-state index is -1.03. The molecule has 0 aliphatic heterocycles. The molecule has 0 bridgehead atoms. The zero-order valence-electron chi connectivity index (χ0n) is 12.0. The monoisotopic (exact) mass is 290 g/mol. The number of benzene rings is 1. The molecule has 112 valence electrons. The average molecular weight is 290 g/mol. The van der Waals surface area contributed by atoms with Gasteiger partial charge in [0.25, 0.3) is 0 Å². The third kappa shape index (κ3) is 6.42. The summed E-state index contributed by atoms with van der Waals surface area (Å²) in [5, 5.41) is 18.4. The second-order valence-corrected chi connectivity index (χ2v) is 4.59. The number of ether oxygens (including phenoxy) is 1. The van der Waals surface area contributed by atoms with E-state index in [1.807, 2.05) is 13.0 Å². The molecular formula is C16H18O5. The predicted molar refractivity (Wildman–Crippen MR) is 78.9 cm³/mol. The highest BCUT2D eigenvalue weighted by Gasteiger charge is 2.02. The minimum absolute atomic E-state index is 0.138. The first-order valence-electron chi connectivity index (χ1n) is 6.40. The van der Waals surface area contributed by atoms with Crippen molar-refractivity contribution >= 4 is 18.0 Å². The van der Waals surface area contributed by atoms with Crippen LogP contribution in [0.1, 0.15) is 25.0 Å². The van der Waals surface area contributed by atoms with Gasteiger partial charge in [-0.15, -0.1) is 0 Å². The summed E-state index contributed by atoms with van der Waals surface area (Å²) in [5.41, 5.74) is 2.23. The summed E-state index contributed by atoms with van der Waals surface area (Å²) >= 11 is 0. The zero-order valence-corrected chi connectivity index (χ0v) is 12.0. The molecule has 1 aromatic carbocycles. The Morgan fingerprint density at radius 1 is 1.29 bits per heavy atom. The number of esters is 1. The molecule has 0 amide bonds. The van der Waals surface area contributed by atoms with Gasteiger partial charge in [0.15, 0.2) is 0 Å². The molecule has 0 saturated heterocycles. The van der Waals surface area contributed by atoms with Gasteiger partial charge < -0.3 is 14.9 Å². The van der Waals surface area contributed by atoms with Crippen LogP contribution in [0.3, 0.4) is 0 Å². The van der Waals surface area contributed by atoms with Gasteiger partial charge in [0.1, 0.15) is 12.4 Å². The first-order chi connectivity index (χ1) is 9.88. The normalized spacial score (nSPS) is 11.6. The predicted octanol–water partition coefficient (Wildman–Crippen LogP) is 2.54. The SMILES string of the molecule is CC(=O)OC/C(C)=C/Cc1cc(/C=C/C(=O)O)ccc1O. The van der Waals surface area contributed by atoms with E-state index in [9.17, 15) is 14.7 Å². The molecule has 2 N–H and O–H groups in total. The van der Waals surface area contributed by atoms with E-state index in [-0.39, 0.29) is 18.3 Å². The van der Waals surface area contributed by atoms with Crippen molar-refractivity contribution in [1.82, 2.24) is 0 Å². The summed E-state index contributed by atoms with van der Waals surface area (Å²) in [6.45, 7) is 3.39. The Bertz CT molecular complexity index is 584. The van der Waals surface area contributed by atoms with Crippen LogP contribution in [-0.4, -0.2) is 28.8 Å². The number of aromatic hydroxyl groups is 1. The van der Waals surface area contributed by atoms with Gasteiger partial charge in [-0.05, 0) is 48.3 Å². The molecule has 0 aliphatic rings. The molecule has 0 atom stereocenters. The lowest BCUT2D eigenvalue weighted by Gasteiger charge is -2.05. The van der Waals surface area contributed by atoms with Crippen LogP contribution < -0.4 is 0 Å². The van der Waals surface area contributed by atoms with E-state index in [1.54, 1.807) is 12.1 Å². The molecule has 0 aliphatic carbocycles. The number of hydrogen-bond acceptors (Lipinski definition) is 4. The molecular weight excluding hydrogens is 272 g/mol. The number of hydrogen-bond donors (Lipinski definition) is 2. The van der Waals surface area contributed by atoms with Crippen LogP contribution in [0.5, 0.6) is 5.75 Å². The number of carboxylic acids is 1. The van der Waals surface area contributed by atoms with Crippen molar-refractivity contribution in [2.75, 3.05) is 6.61 Å². The lowest BCUT2D eigenvalue weighted by molar-refractivity contribution is -0.140. The number of carbonyl (C=O) groups excluding carboxylic acids is 1. The Hall–Kier alpha value is -2.56. The fourth-order valence-electron chi connectivity index (χ4n) is 1.60. The second-order valence-electron chi connectivity index (χ2n) is 4.59. The molecule has 0 spiro atoms. The molecule has 0 saturated carbocycles. The highest BCUT2D eigenvalue weighted by atomic mass is 16.5. The first-order valence-corrected chi connectivity index (χ1v) is 6.40. The van der Waals surface area contributed by atoms with Gasteiger partial charge in [0.2, 0.25) is 0 Å². The summed E-state index contributed by atoms with van der Waals surface area (Å²) in [7, 11) is 0. The van der Waals surface area contributed by atoms with Crippen LogP contribution >= 0.6 is 0 Å². The number of allylic oxidation sites excluding steroid dienone is 1. The summed E-state index contributed by atoms with van der Waals surface area (Å²) in [5.74, 6) is -1.23. The largest absolute Gasteiger partial charge is 0.508 e. The van der Waals surface area contributed by atoms with E-state index in [2.05, 4.69) is 0 Å². The van der Waals surface area contributed by atoms with Crippen molar-refractivity contribution < 1.29 is 24.5 Å². The molecule has 5 nitrogen and oxygen atoms in total. The number of phenols is 1. The first kappa shape index (κ1) is 16.5. The highest BCUT2D eigenvalue weighted by molar-refractivity contribution is 5.85. The van der Waals surface area contributed by atoms with Crippen molar-refractivity contribution in [3.8, 4) is 5.75 Å². The molecule has 21 heavy (non-hydrogen) atoms. The number of rotatable bonds is 6. The van der Waals surface area contributed by atoms with Gasteiger partial charge in [-0.1, -0.05) is 12.1 Å². The van der Waals surface area contributed by atoms with E-state index >= 15 is 0 Å². The second kappa shape index (κ2) is 7.89. The molecule has 0 aromatic heterocycles. The summed E-state index contributed by atoms with van der Waals surface area (Å²) in [6, 6.07) is 4.87. The Morgan fingerprint density at radius 3 is 2.62 bits per heavy atom. The van der Waals surface area contributed by atoms with Crippen LogP contribution in [0, 0.1) is 0 Å². The van der Waals surface area contributed by atoms with Crippen LogP contribution in [0.4, 0.5) is 0 Å². The Morgan fingerprint density at radius 2 is 2.00 bits per heavy atom. The Balaban J connectivity index is 2.78. The summed E-state index contributed by atoms with van der Waals surface area (Å²) < 4.78 is 4.86. The maximum atomic E-state index is 10.7. The zero-order chi connectivity index (χ0) is 15.8. The van der Waals surface area contributed by atoms with Crippen molar-refractivity contribution in [3.63, 3.8) is 0 Å². The number of carboxylic acid groups (broad SMARTS) is 1. The Kier molecular flexibility index (Phi) is 6.20. The molecule has 0 fully saturated rings. The van der Waals surface area contributed by atoms with Gasteiger partial charge >= 0.3 is 11.9 Å². The van der Waals surface area contributed by atoms with Crippen LogP contribution in [-0.2, 0) is 20.7 Å². The number of carbonyl (C=O) groups is 2. The van der Waals surface area contributed by atoms with Crippen molar-refractivity contribution in [3.05, 3.63) is 47.1 Å². The summed E-state index contributed by atoms with van der Waals surface area (Å²) in [6.07, 6.45) is 4.81. The molecule has 5 heteroatoms. The van der Waals surface area contributed by atoms with Crippen molar-refractivity contribution in [2.24, 2.45) is 0 Å². The van der Waals surface area contributed by atoms with Crippen molar-refractivity contribution in [2.45, 2.75) is 20.3 Å². The lowest BCUT2D eigenvalue weighted by atomic mass is 10.0. The van der Waals surface area contributed by atoms with E-state index in [0.717, 1.165) is 11.6 Å². The van der Waals surface area contributed by atoms with E-state index < -0.39 is 5.97 Å². The van der Waals surface area contributed by atoms with Gasteiger partial charge in [0, 0.05) is 13.0 Å². The van der Waals surface area contributed by atoms with Crippen LogP contribution in [0.15, 0.2) is 35.9 Å². The van der Waals surface area contributed by atoms with Gasteiger partial charge in [-0.2, -0.15) is 0 Å². The Labute approximate surface area is 123 Å². The molecule has 0 unspecified atom stereocenters. The maximum absolute atomic E-state index is 10.7. The fraction of sp³-hybridized carbons (Fsp3) is 0.250. The van der Waals surface area contributed by atoms with Crippen LogP contribution in [0.25, 0.3) is 6.08 Å². The molecule has 1 aromatic rings. The molecule has 0 heterocycles. The number of phenolic OH excluding ortho intramolecular Hbond substituents is 1. The van der Waals surface area contributed by atoms with Crippen LogP contribution in [0.2, 0.25) is 0 Å². The maximum Gasteiger partial charge on any atom is 0.328 e. The third-order valence-electron chi connectivity index (χ3n) is 2.70. The van der Waals surface area contributed by atoms with E-state index in [4.69, 9.17) is 9.84 Å². The van der Waals surface area contributed by atoms with E-state index in [1.165, 1.54) is 19.1 Å². The van der Waals surface area contributed by atoms with Crippen molar-refractivity contribution in [1.29, 1.82) is 0 Å². The lowest BCUT2D eigenvalue weighted by Crippen LogP contribution is -2.01. The number of aliphatic carboxylic acids is 1.